The van der Waals surface area contributed by atoms with Crippen molar-refractivity contribution >= 4 is 0 Å². The van der Waals surface area contributed by atoms with Gasteiger partial charge in [-0.05, 0) is 19.3 Å². The van der Waals surface area contributed by atoms with Crippen molar-refractivity contribution in [1.29, 1.82) is 0 Å². The van der Waals surface area contributed by atoms with Gasteiger partial charge in [0, 0.05) is 32.7 Å². The van der Waals surface area contributed by atoms with Crippen molar-refractivity contribution in [3.05, 3.63) is 0 Å². The molecule has 0 aromatic heterocycles. The van der Waals surface area contributed by atoms with Crippen LogP contribution in [0.15, 0.2) is 0 Å². The molecule has 3 heteroatoms. The van der Waals surface area contributed by atoms with Crippen molar-refractivity contribution in [2.75, 3.05) is 32.7 Å². The van der Waals surface area contributed by atoms with Crippen LogP contribution in [0.2, 0.25) is 0 Å². The molecule has 0 aromatic carbocycles. The molecular formula is C9H17N3. The van der Waals surface area contributed by atoms with Gasteiger partial charge in [-0.15, -0.1) is 0 Å². The first kappa shape index (κ1) is 7.30. The van der Waals surface area contributed by atoms with Gasteiger partial charge in [-0.3, -0.25) is 4.90 Å². The Balaban J connectivity index is 1.57. The Bertz CT molecular complexity index is 155. The highest BCUT2D eigenvalue weighted by Crippen LogP contribution is 2.29. The molecule has 3 aliphatic rings. The van der Waals surface area contributed by atoms with E-state index in [1.54, 1.807) is 0 Å². The molecule has 0 spiro atoms. The number of hydrazine groups is 1. The minimum Gasteiger partial charge on any atom is -0.287 e. The van der Waals surface area contributed by atoms with Gasteiger partial charge in [0.15, 0.2) is 0 Å². The van der Waals surface area contributed by atoms with Crippen molar-refractivity contribution < 1.29 is 0 Å². The summed E-state index contributed by atoms with van der Waals surface area (Å²) >= 11 is 0. The molecule has 3 nitrogen and oxygen atoms in total. The maximum absolute atomic E-state index is 2.61. The van der Waals surface area contributed by atoms with Gasteiger partial charge >= 0.3 is 0 Å². The first-order valence-electron chi connectivity index (χ1n) is 5.21. The first-order valence-corrected chi connectivity index (χ1v) is 5.21. The largest absolute Gasteiger partial charge is 0.287 e. The zero-order valence-electron chi connectivity index (χ0n) is 7.58. The monoisotopic (exact) mass is 167 g/mol. The van der Waals surface area contributed by atoms with Gasteiger partial charge < -0.3 is 0 Å². The van der Waals surface area contributed by atoms with E-state index >= 15 is 0 Å². The fourth-order valence-corrected chi connectivity index (χ4v) is 2.26. The summed E-state index contributed by atoms with van der Waals surface area (Å²) in [7, 11) is 0. The smallest absolute Gasteiger partial charge is 0.0773 e. The standard InChI is InChI=1S/C9H17N3/c1-4-10(5-1)9-3-8-12(9)11-6-2-7-11/h9H,1-8H2. The Labute approximate surface area is 73.9 Å². The van der Waals surface area contributed by atoms with Gasteiger partial charge in [-0.25, -0.2) is 10.0 Å². The molecule has 3 rings (SSSR count). The van der Waals surface area contributed by atoms with Gasteiger partial charge in [-0.2, -0.15) is 0 Å². The molecule has 3 saturated heterocycles. The molecule has 0 amide bonds. The highest BCUT2D eigenvalue weighted by molar-refractivity contribution is 4.87. The summed E-state index contributed by atoms with van der Waals surface area (Å²) in [6.07, 6.45) is 5.02. The predicted molar refractivity (Wildman–Crippen MR) is 47.5 cm³/mol. The summed E-state index contributed by atoms with van der Waals surface area (Å²) < 4.78 is 0. The van der Waals surface area contributed by atoms with E-state index in [9.17, 15) is 0 Å². The van der Waals surface area contributed by atoms with Gasteiger partial charge in [0.1, 0.15) is 0 Å². The van der Waals surface area contributed by atoms with Crippen LogP contribution in [0.3, 0.4) is 0 Å². The lowest BCUT2D eigenvalue weighted by molar-refractivity contribution is -0.207. The fraction of sp³-hybridized carbons (Fsp3) is 1.00. The lowest BCUT2D eigenvalue weighted by atomic mass is 10.1. The topological polar surface area (TPSA) is 9.72 Å². The highest BCUT2D eigenvalue weighted by Gasteiger charge is 2.40. The molecule has 3 aliphatic heterocycles. The van der Waals surface area contributed by atoms with E-state index < -0.39 is 0 Å². The van der Waals surface area contributed by atoms with Crippen molar-refractivity contribution in [2.24, 2.45) is 0 Å². The highest BCUT2D eigenvalue weighted by atomic mass is 15.7. The summed E-state index contributed by atoms with van der Waals surface area (Å²) in [4.78, 5) is 2.61. The Morgan fingerprint density at radius 2 is 1.58 bits per heavy atom. The first-order chi connectivity index (χ1) is 5.95. The quantitative estimate of drug-likeness (QED) is 0.587. The summed E-state index contributed by atoms with van der Waals surface area (Å²) in [5.41, 5.74) is 0. The molecule has 3 heterocycles. The lowest BCUT2D eigenvalue weighted by Gasteiger charge is -2.56. The van der Waals surface area contributed by atoms with Gasteiger partial charge in [0.2, 0.25) is 0 Å². The van der Waals surface area contributed by atoms with E-state index in [1.165, 1.54) is 52.0 Å². The molecule has 0 aliphatic carbocycles. The minimum atomic E-state index is 0.791. The van der Waals surface area contributed by atoms with Crippen LogP contribution < -0.4 is 0 Å². The Kier molecular flexibility index (Phi) is 1.63. The van der Waals surface area contributed by atoms with Crippen LogP contribution in [-0.2, 0) is 0 Å². The average molecular weight is 167 g/mol. The second-order valence-electron chi connectivity index (χ2n) is 4.13. The molecule has 0 saturated carbocycles. The normalized spacial score (nSPS) is 38.5. The fourth-order valence-electron chi connectivity index (χ4n) is 2.26. The second kappa shape index (κ2) is 2.69. The number of nitrogens with zero attached hydrogens (tertiary/aromatic N) is 3. The zero-order chi connectivity index (χ0) is 7.97. The van der Waals surface area contributed by atoms with Crippen molar-refractivity contribution in [1.82, 2.24) is 14.9 Å². The molecule has 0 bridgehead atoms. The maximum Gasteiger partial charge on any atom is 0.0773 e. The molecule has 0 radical (unpaired) electrons. The summed E-state index contributed by atoms with van der Waals surface area (Å²) in [5, 5.41) is 5.09. The molecule has 0 N–H and O–H groups in total. The van der Waals surface area contributed by atoms with Crippen molar-refractivity contribution in [3.63, 3.8) is 0 Å². The van der Waals surface area contributed by atoms with Crippen LogP contribution in [0.5, 0.6) is 0 Å². The van der Waals surface area contributed by atoms with Crippen LogP contribution >= 0.6 is 0 Å². The van der Waals surface area contributed by atoms with Crippen LogP contribution in [0.1, 0.15) is 19.3 Å². The average Bonchev–Trinajstić information content (AvgIpc) is 1.84. The summed E-state index contributed by atoms with van der Waals surface area (Å²) in [6.45, 7) is 6.61. The van der Waals surface area contributed by atoms with E-state index in [1.807, 2.05) is 0 Å². The maximum atomic E-state index is 2.61. The SMILES string of the molecule is C1CN(C2CCN2N2CCC2)C1. The van der Waals surface area contributed by atoms with Crippen LogP contribution in [-0.4, -0.2) is 53.8 Å². The molecule has 68 valence electrons. The van der Waals surface area contributed by atoms with Crippen molar-refractivity contribution in [3.8, 4) is 0 Å². The molecule has 1 unspecified atom stereocenters. The van der Waals surface area contributed by atoms with E-state index in [2.05, 4.69) is 14.9 Å². The molecule has 0 aromatic rings. The van der Waals surface area contributed by atoms with E-state index in [0.29, 0.717) is 0 Å². The Morgan fingerprint density at radius 3 is 1.92 bits per heavy atom. The Hall–Kier alpha value is -0.120. The number of rotatable bonds is 2. The van der Waals surface area contributed by atoms with Crippen LogP contribution in [0.25, 0.3) is 0 Å². The molecule has 3 fully saturated rings. The van der Waals surface area contributed by atoms with Gasteiger partial charge in [0.25, 0.3) is 0 Å². The summed E-state index contributed by atoms with van der Waals surface area (Å²) in [5.74, 6) is 0. The Morgan fingerprint density at radius 1 is 0.833 bits per heavy atom. The summed E-state index contributed by atoms with van der Waals surface area (Å²) in [6, 6.07) is 0. The van der Waals surface area contributed by atoms with Gasteiger partial charge in [-0.1, -0.05) is 0 Å². The minimum absolute atomic E-state index is 0.791. The third-order valence-electron chi connectivity index (χ3n) is 3.47. The number of likely N-dealkylation sites (tertiary alicyclic amines) is 1. The second-order valence-corrected chi connectivity index (χ2v) is 4.13. The zero-order valence-corrected chi connectivity index (χ0v) is 7.58. The third-order valence-corrected chi connectivity index (χ3v) is 3.47. The number of hydrogen-bond acceptors (Lipinski definition) is 3. The third kappa shape index (κ3) is 0.934. The molecular weight excluding hydrogens is 150 g/mol. The van der Waals surface area contributed by atoms with E-state index in [-0.39, 0.29) is 0 Å². The van der Waals surface area contributed by atoms with Gasteiger partial charge in [0.05, 0.1) is 6.17 Å². The van der Waals surface area contributed by atoms with E-state index in [4.69, 9.17) is 0 Å². The molecule has 12 heavy (non-hydrogen) atoms. The van der Waals surface area contributed by atoms with E-state index in [0.717, 1.165) is 6.17 Å². The lowest BCUT2D eigenvalue weighted by Crippen LogP contribution is -2.68. The number of hydrogen-bond donors (Lipinski definition) is 0. The van der Waals surface area contributed by atoms with Crippen LogP contribution in [0, 0.1) is 0 Å². The molecule has 1 atom stereocenters. The van der Waals surface area contributed by atoms with Crippen molar-refractivity contribution in [2.45, 2.75) is 25.4 Å². The van der Waals surface area contributed by atoms with Crippen LogP contribution in [0.4, 0.5) is 0 Å². The predicted octanol–water partition coefficient (Wildman–Crippen LogP) is 0.345.